The van der Waals surface area contributed by atoms with Crippen molar-refractivity contribution in [1.29, 1.82) is 0 Å². The first-order valence-electron chi connectivity index (χ1n) is 12.4. The highest BCUT2D eigenvalue weighted by molar-refractivity contribution is 5.94. The summed E-state index contributed by atoms with van der Waals surface area (Å²) in [4.78, 5) is 25.0. The van der Waals surface area contributed by atoms with E-state index < -0.39 is 11.7 Å². The summed E-state index contributed by atoms with van der Waals surface area (Å²) in [5.74, 6) is -0.316. The summed E-state index contributed by atoms with van der Waals surface area (Å²) >= 11 is 0. The molecule has 2 atom stereocenters. The zero-order chi connectivity index (χ0) is 25.9. The van der Waals surface area contributed by atoms with Crippen molar-refractivity contribution < 1.29 is 18.0 Å². The Hall–Kier alpha value is -2.92. The number of carbonyl (C=O) groups is 1. The summed E-state index contributed by atoms with van der Waals surface area (Å²) in [5.41, 5.74) is 6.31. The second-order valence-electron chi connectivity index (χ2n) is 9.81. The standard InChI is InChI=1S/C25H34F3N7O/c1-34-13-11-18(12-14-34)35(2)23(36)16-7-9-17(10-8-16)31-24-30-15-19(25(26,27)28)22(33-24)32-21-6-4-3-5-20(21)29/h7-10,15,18,20-21H,3-6,11-14,29H2,1-2H3,(H2,30,31,32,33). The van der Waals surface area contributed by atoms with Crippen LogP contribution in [0.2, 0.25) is 0 Å². The number of amides is 1. The van der Waals surface area contributed by atoms with Crippen molar-refractivity contribution >= 4 is 23.4 Å². The first-order valence-corrected chi connectivity index (χ1v) is 12.4. The van der Waals surface area contributed by atoms with Crippen LogP contribution in [-0.2, 0) is 6.18 Å². The summed E-state index contributed by atoms with van der Waals surface area (Å²) in [6, 6.07) is 6.47. The lowest BCUT2D eigenvalue weighted by Gasteiger charge is -2.35. The molecule has 1 aliphatic heterocycles. The fourth-order valence-corrected chi connectivity index (χ4v) is 4.85. The van der Waals surface area contributed by atoms with E-state index in [4.69, 9.17) is 5.73 Å². The van der Waals surface area contributed by atoms with E-state index in [1.165, 1.54) is 0 Å². The summed E-state index contributed by atoms with van der Waals surface area (Å²) in [6.07, 6.45) is 1.37. The van der Waals surface area contributed by atoms with E-state index in [9.17, 15) is 18.0 Å². The molecule has 1 saturated heterocycles. The van der Waals surface area contributed by atoms with Crippen LogP contribution in [0.1, 0.15) is 54.4 Å². The van der Waals surface area contributed by atoms with Crippen LogP contribution in [0.3, 0.4) is 0 Å². The highest BCUT2D eigenvalue weighted by Crippen LogP contribution is 2.35. The second kappa shape index (κ2) is 11.0. The van der Waals surface area contributed by atoms with Gasteiger partial charge in [0, 0.05) is 42.6 Å². The molecule has 4 N–H and O–H groups in total. The minimum atomic E-state index is -4.60. The third kappa shape index (κ3) is 6.25. The minimum Gasteiger partial charge on any atom is -0.365 e. The van der Waals surface area contributed by atoms with Crippen LogP contribution in [0.15, 0.2) is 30.5 Å². The second-order valence-corrected chi connectivity index (χ2v) is 9.81. The Balaban J connectivity index is 1.46. The Labute approximate surface area is 209 Å². The molecule has 4 rings (SSSR count). The number of nitrogens with two attached hydrogens (primary N) is 1. The van der Waals surface area contributed by atoms with Gasteiger partial charge >= 0.3 is 6.18 Å². The maximum atomic E-state index is 13.6. The van der Waals surface area contributed by atoms with E-state index in [2.05, 4.69) is 32.5 Å². The lowest BCUT2D eigenvalue weighted by atomic mass is 9.91. The SMILES string of the molecule is CN1CCC(N(C)C(=O)c2ccc(Nc3ncc(C(F)(F)F)c(NC4CCCCC4N)n3)cc2)CC1. The Bertz CT molecular complexity index is 1040. The number of hydrogen-bond donors (Lipinski definition) is 3. The van der Waals surface area contributed by atoms with Crippen LogP contribution in [0.25, 0.3) is 0 Å². The van der Waals surface area contributed by atoms with Gasteiger partial charge in [-0.15, -0.1) is 0 Å². The van der Waals surface area contributed by atoms with Crippen molar-refractivity contribution in [3.63, 3.8) is 0 Å². The number of nitrogens with one attached hydrogen (secondary N) is 2. The maximum Gasteiger partial charge on any atom is 0.421 e. The maximum absolute atomic E-state index is 13.6. The Morgan fingerprint density at radius 1 is 1.11 bits per heavy atom. The molecule has 2 unspecified atom stereocenters. The quantitative estimate of drug-likeness (QED) is 0.544. The van der Waals surface area contributed by atoms with Gasteiger partial charge in [-0.1, -0.05) is 12.8 Å². The Morgan fingerprint density at radius 2 is 1.78 bits per heavy atom. The van der Waals surface area contributed by atoms with E-state index in [0.717, 1.165) is 51.4 Å². The molecule has 11 heteroatoms. The van der Waals surface area contributed by atoms with Gasteiger partial charge in [0.05, 0.1) is 0 Å². The average molecular weight is 506 g/mol. The molecule has 196 valence electrons. The van der Waals surface area contributed by atoms with Gasteiger partial charge in [0.15, 0.2) is 0 Å². The third-order valence-corrected chi connectivity index (χ3v) is 7.18. The molecular formula is C25H34F3N7O. The molecule has 1 amide bonds. The molecule has 1 aliphatic carbocycles. The van der Waals surface area contributed by atoms with E-state index in [0.29, 0.717) is 17.7 Å². The molecular weight excluding hydrogens is 471 g/mol. The monoisotopic (exact) mass is 505 g/mol. The predicted molar refractivity (Wildman–Crippen MR) is 133 cm³/mol. The van der Waals surface area contributed by atoms with Gasteiger partial charge in [-0.3, -0.25) is 4.79 Å². The third-order valence-electron chi connectivity index (χ3n) is 7.18. The Kier molecular flexibility index (Phi) is 7.99. The molecule has 2 aromatic rings. The lowest BCUT2D eigenvalue weighted by Crippen LogP contribution is -2.44. The topological polar surface area (TPSA) is 99.4 Å². The van der Waals surface area contributed by atoms with Crippen molar-refractivity contribution in [3.05, 3.63) is 41.6 Å². The average Bonchev–Trinajstić information content (AvgIpc) is 2.85. The van der Waals surface area contributed by atoms with Crippen LogP contribution < -0.4 is 16.4 Å². The number of rotatable bonds is 6. The number of carbonyl (C=O) groups excluding carboxylic acids is 1. The molecule has 8 nitrogen and oxygen atoms in total. The highest BCUT2D eigenvalue weighted by atomic mass is 19.4. The molecule has 1 aromatic heterocycles. The van der Waals surface area contributed by atoms with Crippen LogP contribution in [0.4, 0.5) is 30.6 Å². The number of nitrogens with zero attached hydrogens (tertiary/aromatic N) is 4. The highest BCUT2D eigenvalue weighted by Gasteiger charge is 2.36. The number of aromatic nitrogens is 2. The molecule has 2 fully saturated rings. The summed E-state index contributed by atoms with van der Waals surface area (Å²) in [5, 5.41) is 5.86. The van der Waals surface area contributed by atoms with Crippen molar-refractivity contribution in [1.82, 2.24) is 19.8 Å². The van der Waals surface area contributed by atoms with Gasteiger partial charge in [0.25, 0.3) is 5.91 Å². The van der Waals surface area contributed by atoms with E-state index in [1.807, 2.05) is 7.05 Å². The van der Waals surface area contributed by atoms with Crippen molar-refractivity contribution in [2.24, 2.45) is 5.73 Å². The number of likely N-dealkylation sites (tertiary alicyclic amines) is 1. The molecule has 36 heavy (non-hydrogen) atoms. The predicted octanol–water partition coefficient (Wildman–Crippen LogP) is 4.09. The molecule has 2 heterocycles. The van der Waals surface area contributed by atoms with Gasteiger partial charge in [-0.05, 0) is 70.1 Å². The summed E-state index contributed by atoms with van der Waals surface area (Å²) < 4.78 is 40.8. The minimum absolute atomic E-state index is 0.0254. The number of alkyl halides is 3. The van der Waals surface area contributed by atoms with Crippen LogP contribution in [-0.4, -0.2) is 71.0 Å². The normalized spacial score (nSPS) is 21.7. The Morgan fingerprint density at radius 3 is 2.42 bits per heavy atom. The van der Waals surface area contributed by atoms with Crippen molar-refractivity contribution in [2.75, 3.05) is 37.8 Å². The fourth-order valence-electron chi connectivity index (χ4n) is 4.85. The summed E-state index contributed by atoms with van der Waals surface area (Å²) in [7, 11) is 3.90. The van der Waals surface area contributed by atoms with E-state index >= 15 is 0 Å². The number of piperidine rings is 1. The van der Waals surface area contributed by atoms with Crippen LogP contribution in [0, 0.1) is 0 Å². The van der Waals surface area contributed by atoms with E-state index in [1.54, 1.807) is 29.2 Å². The molecule has 2 aliphatic rings. The number of hydrogen-bond acceptors (Lipinski definition) is 7. The van der Waals surface area contributed by atoms with Crippen LogP contribution >= 0.6 is 0 Å². The molecule has 0 bridgehead atoms. The largest absolute Gasteiger partial charge is 0.421 e. The van der Waals surface area contributed by atoms with Gasteiger partial charge in [-0.25, -0.2) is 4.98 Å². The number of benzene rings is 1. The molecule has 1 saturated carbocycles. The van der Waals surface area contributed by atoms with E-state index in [-0.39, 0.29) is 35.8 Å². The van der Waals surface area contributed by atoms with Crippen molar-refractivity contribution in [3.8, 4) is 0 Å². The zero-order valence-corrected chi connectivity index (χ0v) is 20.7. The number of halogens is 3. The fraction of sp³-hybridized carbons (Fsp3) is 0.560. The smallest absolute Gasteiger partial charge is 0.365 e. The lowest BCUT2D eigenvalue weighted by molar-refractivity contribution is -0.137. The summed E-state index contributed by atoms with van der Waals surface area (Å²) in [6.45, 7) is 1.92. The first-order chi connectivity index (χ1) is 17.1. The molecule has 0 spiro atoms. The van der Waals surface area contributed by atoms with Crippen LogP contribution in [0.5, 0.6) is 0 Å². The van der Waals surface area contributed by atoms with Crippen molar-refractivity contribution in [2.45, 2.75) is 62.8 Å². The van der Waals surface area contributed by atoms with Gasteiger partial charge in [-0.2, -0.15) is 18.2 Å². The van der Waals surface area contributed by atoms with Gasteiger partial charge in [0.2, 0.25) is 5.95 Å². The first kappa shape index (κ1) is 26.2. The number of anilines is 3. The van der Waals surface area contributed by atoms with Gasteiger partial charge < -0.3 is 26.2 Å². The molecule has 1 aromatic carbocycles. The molecule has 0 radical (unpaired) electrons. The zero-order valence-electron chi connectivity index (χ0n) is 20.7. The van der Waals surface area contributed by atoms with Gasteiger partial charge in [0.1, 0.15) is 11.4 Å².